The quantitative estimate of drug-likeness (QED) is 0.458. The zero-order chi connectivity index (χ0) is 6.69. The van der Waals surface area contributed by atoms with Gasteiger partial charge in [-0.15, -0.1) is 0 Å². The standard InChI is InChI=1S/C6H13NO2/c8-2-1-6(9)5-3-7-4-5/h5-9H,1-4H2/t6-/m1/s1. The summed E-state index contributed by atoms with van der Waals surface area (Å²) in [6.07, 6.45) is 0.225. The Hall–Kier alpha value is -0.120. The molecule has 0 aromatic carbocycles. The van der Waals surface area contributed by atoms with Crippen molar-refractivity contribution in [3.63, 3.8) is 0 Å². The Morgan fingerprint density at radius 2 is 2.22 bits per heavy atom. The van der Waals surface area contributed by atoms with Crippen molar-refractivity contribution in [2.45, 2.75) is 12.5 Å². The van der Waals surface area contributed by atoms with Gasteiger partial charge < -0.3 is 15.5 Å². The van der Waals surface area contributed by atoms with E-state index in [4.69, 9.17) is 10.2 Å². The first-order valence-electron chi connectivity index (χ1n) is 3.34. The predicted octanol–water partition coefficient (Wildman–Crippen LogP) is -1.05. The van der Waals surface area contributed by atoms with E-state index in [0.29, 0.717) is 12.3 Å². The number of aliphatic hydroxyl groups excluding tert-OH is 2. The van der Waals surface area contributed by atoms with Crippen molar-refractivity contribution < 1.29 is 10.2 Å². The Bertz CT molecular complexity index is 83.1. The van der Waals surface area contributed by atoms with Gasteiger partial charge in [-0.2, -0.15) is 0 Å². The van der Waals surface area contributed by atoms with E-state index in [1.54, 1.807) is 0 Å². The van der Waals surface area contributed by atoms with Crippen LogP contribution in [-0.2, 0) is 0 Å². The Balaban J connectivity index is 2.08. The number of hydrogen-bond acceptors (Lipinski definition) is 3. The van der Waals surface area contributed by atoms with Crippen LogP contribution in [0.25, 0.3) is 0 Å². The summed E-state index contributed by atoms with van der Waals surface area (Å²) in [6.45, 7) is 1.90. The van der Waals surface area contributed by atoms with Crippen LogP contribution in [0.3, 0.4) is 0 Å². The third-order valence-corrected chi connectivity index (χ3v) is 1.78. The molecule has 54 valence electrons. The summed E-state index contributed by atoms with van der Waals surface area (Å²) in [5.41, 5.74) is 0. The highest BCUT2D eigenvalue weighted by atomic mass is 16.3. The van der Waals surface area contributed by atoms with Gasteiger partial charge in [0.25, 0.3) is 0 Å². The van der Waals surface area contributed by atoms with Gasteiger partial charge in [-0.1, -0.05) is 0 Å². The van der Waals surface area contributed by atoms with E-state index in [-0.39, 0.29) is 12.7 Å². The van der Waals surface area contributed by atoms with Crippen LogP contribution < -0.4 is 5.32 Å². The third kappa shape index (κ3) is 1.64. The first kappa shape index (κ1) is 6.99. The Kier molecular flexibility index (Phi) is 2.45. The lowest BCUT2D eigenvalue weighted by Crippen LogP contribution is -2.48. The highest BCUT2D eigenvalue weighted by molar-refractivity contribution is 4.80. The van der Waals surface area contributed by atoms with E-state index in [1.807, 2.05) is 0 Å². The highest BCUT2D eigenvalue weighted by Gasteiger charge is 2.24. The summed E-state index contributed by atoms with van der Waals surface area (Å²) in [7, 11) is 0. The maximum atomic E-state index is 9.17. The van der Waals surface area contributed by atoms with Crippen LogP contribution in [0.2, 0.25) is 0 Å². The topological polar surface area (TPSA) is 52.5 Å². The SMILES string of the molecule is OCC[C@@H](O)C1CNC1. The lowest BCUT2D eigenvalue weighted by Gasteiger charge is -2.31. The molecule has 0 aromatic heterocycles. The molecule has 1 aliphatic rings. The zero-order valence-corrected chi connectivity index (χ0v) is 5.38. The van der Waals surface area contributed by atoms with Gasteiger partial charge in [-0.25, -0.2) is 0 Å². The molecular weight excluding hydrogens is 118 g/mol. The minimum Gasteiger partial charge on any atom is -0.396 e. The first-order chi connectivity index (χ1) is 4.34. The molecule has 1 rings (SSSR count). The lowest BCUT2D eigenvalue weighted by atomic mass is 9.94. The van der Waals surface area contributed by atoms with Crippen molar-refractivity contribution >= 4 is 0 Å². The lowest BCUT2D eigenvalue weighted by molar-refractivity contribution is 0.0541. The third-order valence-electron chi connectivity index (χ3n) is 1.78. The average molecular weight is 131 g/mol. The molecule has 3 heteroatoms. The molecule has 0 aromatic rings. The van der Waals surface area contributed by atoms with Crippen LogP contribution in [0.15, 0.2) is 0 Å². The van der Waals surface area contributed by atoms with Crippen LogP contribution in [-0.4, -0.2) is 36.0 Å². The molecule has 0 aliphatic carbocycles. The van der Waals surface area contributed by atoms with Crippen LogP contribution in [0.1, 0.15) is 6.42 Å². The van der Waals surface area contributed by atoms with Gasteiger partial charge in [0.05, 0.1) is 6.10 Å². The highest BCUT2D eigenvalue weighted by Crippen LogP contribution is 2.10. The summed E-state index contributed by atoms with van der Waals surface area (Å²) < 4.78 is 0. The minimum atomic E-state index is -0.295. The number of nitrogens with one attached hydrogen (secondary N) is 1. The average Bonchev–Trinajstić information content (AvgIpc) is 1.60. The predicted molar refractivity (Wildman–Crippen MR) is 34.1 cm³/mol. The molecule has 0 amide bonds. The number of rotatable bonds is 3. The number of aliphatic hydroxyl groups is 2. The van der Waals surface area contributed by atoms with Crippen LogP contribution in [0.4, 0.5) is 0 Å². The second-order valence-electron chi connectivity index (χ2n) is 2.50. The van der Waals surface area contributed by atoms with E-state index in [9.17, 15) is 0 Å². The molecule has 0 saturated carbocycles. The second-order valence-corrected chi connectivity index (χ2v) is 2.50. The number of hydrogen-bond donors (Lipinski definition) is 3. The summed E-state index contributed by atoms with van der Waals surface area (Å²) in [5, 5.41) is 20.7. The van der Waals surface area contributed by atoms with Crippen molar-refractivity contribution in [2.75, 3.05) is 19.7 Å². The fourth-order valence-corrected chi connectivity index (χ4v) is 0.951. The van der Waals surface area contributed by atoms with E-state index in [1.165, 1.54) is 0 Å². The zero-order valence-electron chi connectivity index (χ0n) is 5.38. The largest absolute Gasteiger partial charge is 0.396 e. The minimum absolute atomic E-state index is 0.0949. The normalized spacial score (nSPS) is 23.3. The van der Waals surface area contributed by atoms with Crippen molar-refractivity contribution in [3.8, 4) is 0 Å². The molecule has 9 heavy (non-hydrogen) atoms. The molecule has 0 bridgehead atoms. The van der Waals surface area contributed by atoms with Crippen LogP contribution in [0, 0.1) is 5.92 Å². The van der Waals surface area contributed by atoms with Gasteiger partial charge in [-0.05, 0) is 6.42 Å². The molecule has 0 radical (unpaired) electrons. The molecule has 3 nitrogen and oxygen atoms in total. The van der Waals surface area contributed by atoms with Gasteiger partial charge in [0.1, 0.15) is 0 Å². The van der Waals surface area contributed by atoms with E-state index in [0.717, 1.165) is 13.1 Å². The smallest absolute Gasteiger partial charge is 0.0614 e. The van der Waals surface area contributed by atoms with E-state index >= 15 is 0 Å². The van der Waals surface area contributed by atoms with Gasteiger partial charge in [0, 0.05) is 25.6 Å². The van der Waals surface area contributed by atoms with Crippen molar-refractivity contribution in [1.82, 2.24) is 5.32 Å². The Labute approximate surface area is 54.7 Å². The maximum Gasteiger partial charge on any atom is 0.0614 e. The van der Waals surface area contributed by atoms with E-state index in [2.05, 4.69) is 5.32 Å². The van der Waals surface area contributed by atoms with Gasteiger partial charge >= 0.3 is 0 Å². The maximum absolute atomic E-state index is 9.17. The summed E-state index contributed by atoms with van der Waals surface area (Å²) >= 11 is 0. The molecule has 0 spiro atoms. The van der Waals surface area contributed by atoms with Crippen LogP contribution in [0.5, 0.6) is 0 Å². The van der Waals surface area contributed by atoms with Gasteiger partial charge in [-0.3, -0.25) is 0 Å². The molecule has 1 aliphatic heterocycles. The fourth-order valence-electron chi connectivity index (χ4n) is 0.951. The summed E-state index contributed by atoms with van der Waals surface area (Å²) in [4.78, 5) is 0. The monoisotopic (exact) mass is 131 g/mol. The molecule has 1 saturated heterocycles. The Morgan fingerprint density at radius 3 is 2.56 bits per heavy atom. The molecule has 1 atom stereocenters. The molecular formula is C6H13NO2. The fraction of sp³-hybridized carbons (Fsp3) is 1.00. The van der Waals surface area contributed by atoms with E-state index < -0.39 is 0 Å². The summed E-state index contributed by atoms with van der Waals surface area (Å²) in [6, 6.07) is 0. The second kappa shape index (κ2) is 3.15. The van der Waals surface area contributed by atoms with Crippen molar-refractivity contribution in [3.05, 3.63) is 0 Å². The van der Waals surface area contributed by atoms with Crippen molar-refractivity contribution in [2.24, 2.45) is 5.92 Å². The molecule has 1 heterocycles. The molecule has 3 N–H and O–H groups in total. The van der Waals surface area contributed by atoms with Crippen molar-refractivity contribution in [1.29, 1.82) is 0 Å². The molecule has 1 fully saturated rings. The first-order valence-corrected chi connectivity index (χ1v) is 3.34. The van der Waals surface area contributed by atoms with Gasteiger partial charge in [0.15, 0.2) is 0 Å². The molecule has 0 unspecified atom stereocenters. The Morgan fingerprint density at radius 1 is 1.56 bits per heavy atom. The van der Waals surface area contributed by atoms with Crippen LogP contribution >= 0.6 is 0 Å². The summed E-state index contributed by atoms with van der Waals surface area (Å²) in [5.74, 6) is 0.386. The van der Waals surface area contributed by atoms with Gasteiger partial charge in [0.2, 0.25) is 0 Å².